The zero-order valence-electron chi connectivity index (χ0n) is 13.9. The largest absolute Gasteiger partial charge is 0.497 e. The highest BCUT2D eigenvalue weighted by atomic mass is 16.5. The standard InChI is InChI=1S/C21H19NO3/c1-24-19-11-5-7-16(13-19)15-22-21(23)17-8-6-12-20(14-17)25-18-9-3-2-4-10-18/h2-14H,15H2,1H3,(H,22,23). The predicted octanol–water partition coefficient (Wildman–Crippen LogP) is 4.42. The number of methoxy groups -OCH3 is 1. The Morgan fingerprint density at radius 3 is 2.36 bits per heavy atom. The molecule has 0 bridgehead atoms. The van der Waals surface area contributed by atoms with Crippen LogP contribution in [-0.2, 0) is 6.54 Å². The van der Waals surface area contributed by atoms with Gasteiger partial charge in [0.05, 0.1) is 7.11 Å². The van der Waals surface area contributed by atoms with Crippen molar-refractivity contribution in [1.29, 1.82) is 0 Å². The van der Waals surface area contributed by atoms with Crippen LogP contribution in [-0.4, -0.2) is 13.0 Å². The third-order valence-corrected chi connectivity index (χ3v) is 3.66. The van der Waals surface area contributed by atoms with Crippen molar-refractivity contribution in [2.75, 3.05) is 7.11 Å². The number of rotatable bonds is 6. The summed E-state index contributed by atoms with van der Waals surface area (Å²) in [5.74, 6) is 1.98. The van der Waals surface area contributed by atoms with Crippen LogP contribution in [0.1, 0.15) is 15.9 Å². The second-order valence-electron chi connectivity index (χ2n) is 5.48. The number of benzene rings is 3. The van der Waals surface area contributed by atoms with Crippen molar-refractivity contribution in [2.45, 2.75) is 6.54 Å². The van der Waals surface area contributed by atoms with Gasteiger partial charge in [0.1, 0.15) is 17.2 Å². The molecule has 0 aliphatic carbocycles. The fourth-order valence-corrected chi connectivity index (χ4v) is 2.39. The van der Waals surface area contributed by atoms with Gasteiger partial charge in [-0.05, 0) is 48.0 Å². The number of hydrogen-bond acceptors (Lipinski definition) is 3. The molecule has 0 saturated heterocycles. The molecule has 1 amide bonds. The molecule has 25 heavy (non-hydrogen) atoms. The number of para-hydroxylation sites is 1. The molecule has 3 aromatic carbocycles. The lowest BCUT2D eigenvalue weighted by Crippen LogP contribution is -2.22. The van der Waals surface area contributed by atoms with Crippen LogP contribution in [0.5, 0.6) is 17.2 Å². The van der Waals surface area contributed by atoms with Gasteiger partial charge < -0.3 is 14.8 Å². The van der Waals surface area contributed by atoms with Gasteiger partial charge in [-0.1, -0.05) is 36.4 Å². The van der Waals surface area contributed by atoms with Crippen LogP contribution >= 0.6 is 0 Å². The van der Waals surface area contributed by atoms with Gasteiger partial charge in [-0.15, -0.1) is 0 Å². The van der Waals surface area contributed by atoms with Gasteiger partial charge in [-0.25, -0.2) is 0 Å². The van der Waals surface area contributed by atoms with Crippen molar-refractivity contribution in [3.05, 3.63) is 90.0 Å². The molecule has 0 radical (unpaired) electrons. The van der Waals surface area contributed by atoms with Crippen molar-refractivity contribution >= 4 is 5.91 Å². The van der Waals surface area contributed by atoms with E-state index in [1.165, 1.54) is 0 Å². The number of nitrogens with one attached hydrogen (secondary N) is 1. The summed E-state index contributed by atoms with van der Waals surface area (Å²) in [6, 6.07) is 24.2. The molecule has 126 valence electrons. The maximum atomic E-state index is 12.4. The summed E-state index contributed by atoms with van der Waals surface area (Å²) in [5.41, 5.74) is 1.53. The first-order valence-electron chi connectivity index (χ1n) is 7.99. The second kappa shape index (κ2) is 8.02. The van der Waals surface area contributed by atoms with Gasteiger partial charge in [0, 0.05) is 12.1 Å². The van der Waals surface area contributed by atoms with Gasteiger partial charge in [-0.2, -0.15) is 0 Å². The van der Waals surface area contributed by atoms with E-state index in [0.717, 1.165) is 17.1 Å². The molecule has 0 saturated carbocycles. The minimum atomic E-state index is -0.152. The maximum absolute atomic E-state index is 12.4. The van der Waals surface area contributed by atoms with Gasteiger partial charge >= 0.3 is 0 Å². The highest BCUT2D eigenvalue weighted by Gasteiger charge is 2.07. The Balaban J connectivity index is 1.64. The molecule has 0 heterocycles. The molecule has 3 aromatic rings. The zero-order chi connectivity index (χ0) is 17.5. The topological polar surface area (TPSA) is 47.6 Å². The van der Waals surface area contributed by atoms with Crippen molar-refractivity contribution < 1.29 is 14.3 Å². The SMILES string of the molecule is COc1cccc(CNC(=O)c2cccc(Oc3ccccc3)c2)c1. The molecule has 0 atom stereocenters. The summed E-state index contributed by atoms with van der Waals surface area (Å²) < 4.78 is 11.0. The Bertz CT molecular complexity index is 847. The van der Waals surface area contributed by atoms with E-state index in [-0.39, 0.29) is 5.91 Å². The van der Waals surface area contributed by atoms with Crippen LogP contribution in [0.2, 0.25) is 0 Å². The Kier molecular flexibility index (Phi) is 5.32. The number of hydrogen-bond donors (Lipinski definition) is 1. The summed E-state index contributed by atoms with van der Waals surface area (Å²) in [6.45, 7) is 0.430. The average Bonchev–Trinajstić information content (AvgIpc) is 2.67. The number of amides is 1. The van der Waals surface area contributed by atoms with Gasteiger partial charge in [0.15, 0.2) is 0 Å². The third-order valence-electron chi connectivity index (χ3n) is 3.66. The predicted molar refractivity (Wildman–Crippen MR) is 97.1 cm³/mol. The fraction of sp³-hybridized carbons (Fsp3) is 0.0952. The lowest BCUT2D eigenvalue weighted by Gasteiger charge is -2.09. The summed E-state index contributed by atoms with van der Waals surface area (Å²) in [7, 11) is 1.62. The average molecular weight is 333 g/mol. The minimum Gasteiger partial charge on any atom is -0.497 e. The summed E-state index contributed by atoms with van der Waals surface area (Å²) >= 11 is 0. The van der Waals surface area contributed by atoms with Crippen molar-refractivity contribution in [2.24, 2.45) is 0 Å². The lowest BCUT2D eigenvalue weighted by molar-refractivity contribution is 0.0950. The Hall–Kier alpha value is -3.27. The van der Waals surface area contributed by atoms with Crippen molar-refractivity contribution in [3.8, 4) is 17.2 Å². The lowest BCUT2D eigenvalue weighted by atomic mass is 10.1. The normalized spacial score (nSPS) is 10.1. The highest BCUT2D eigenvalue weighted by Crippen LogP contribution is 2.22. The quantitative estimate of drug-likeness (QED) is 0.726. The van der Waals surface area contributed by atoms with E-state index < -0.39 is 0 Å². The molecule has 0 aliphatic rings. The van der Waals surface area contributed by atoms with E-state index in [1.54, 1.807) is 25.3 Å². The second-order valence-corrected chi connectivity index (χ2v) is 5.48. The summed E-state index contributed by atoms with van der Waals surface area (Å²) in [6.07, 6.45) is 0. The van der Waals surface area contributed by atoms with Crippen LogP contribution in [0.15, 0.2) is 78.9 Å². The van der Waals surface area contributed by atoms with Crippen molar-refractivity contribution in [3.63, 3.8) is 0 Å². The van der Waals surface area contributed by atoms with E-state index >= 15 is 0 Å². The van der Waals surface area contributed by atoms with E-state index in [4.69, 9.17) is 9.47 Å². The first kappa shape index (κ1) is 16.6. The van der Waals surface area contributed by atoms with Crippen LogP contribution in [0.3, 0.4) is 0 Å². The number of carbonyl (C=O) groups excluding carboxylic acids is 1. The number of carbonyl (C=O) groups is 1. The monoisotopic (exact) mass is 333 g/mol. The van der Waals surface area contributed by atoms with Gasteiger partial charge in [0.25, 0.3) is 5.91 Å². The molecule has 0 fully saturated rings. The Morgan fingerprint density at radius 2 is 1.56 bits per heavy atom. The molecule has 0 spiro atoms. The van der Waals surface area contributed by atoms with Crippen molar-refractivity contribution in [1.82, 2.24) is 5.32 Å². The zero-order valence-corrected chi connectivity index (χ0v) is 13.9. The Morgan fingerprint density at radius 1 is 0.840 bits per heavy atom. The highest BCUT2D eigenvalue weighted by molar-refractivity contribution is 5.94. The molecule has 3 rings (SSSR count). The third kappa shape index (κ3) is 4.61. The maximum Gasteiger partial charge on any atom is 0.251 e. The molecule has 4 heteroatoms. The summed E-state index contributed by atoms with van der Waals surface area (Å²) in [5, 5.41) is 2.91. The first-order chi connectivity index (χ1) is 12.2. The molecule has 4 nitrogen and oxygen atoms in total. The smallest absolute Gasteiger partial charge is 0.251 e. The molecule has 0 unspecified atom stereocenters. The first-order valence-corrected chi connectivity index (χ1v) is 7.99. The summed E-state index contributed by atoms with van der Waals surface area (Å²) in [4.78, 5) is 12.4. The van der Waals surface area contributed by atoms with Crippen LogP contribution < -0.4 is 14.8 Å². The van der Waals surface area contributed by atoms with E-state index in [0.29, 0.717) is 17.9 Å². The fourth-order valence-electron chi connectivity index (χ4n) is 2.39. The van der Waals surface area contributed by atoms with Crippen LogP contribution in [0.4, 0.5) is 0 Å². The molecule has 1 N–H and O–H groups in total. The minimum absolute atomic E-state index is 0.152. The number of ether oxygens (including phenoxy) is 2. The van der Waals surface area contributed by atoms with E-state index in [1.807, 2.05) is 60.7 Å². The molecule has 0 aliphatic heterocycles. The molecular formula is C21H19NO3. The Labute approximate surface area is 147 Å². The van der Waals surface area contributed by atoms with E-state index in [9.17, 15) is 4.79 Å². The van der Waals surface area contributed by atoms with Crippen LogP contribution in [0, 0.1) is 0 Å². The molecule has 0 aromatic heterocycles. The molecular weight excluding hydrogens is 314 g/mol. The van der Waals surface area contributed by atoms with Crippen LogP contribution in [0.25, 0.3) is 0 Å². The van der Waals surface area contributed by atoms with E-state index in [2.05, 4.69) is 5.32 Å². The van der Waals surface area contributed by atoms with Gasteiger partial charge in [-0.3, -0.25) is 4.79 Å². The van der Waals surface area contributed by atoms with Gasteiger partial charge in [0.2, 0.25) is 0 Å².